The number of rotatable bonds is 16. The van der Waals surface area contributed by atoms with Crippen molar-refractivity contribution in [3.05, 3.63) is 36.5 Å². The summed E-state index contributed by atoms with van der Waals surface area (Å²) in [6, 6.07) is 0. The molecule has 0 aromatic heterocycles. The molecule has 0 bridgehead atoms. The fourth-order valence-electron chi connectivity index (χ4n) is 2.95. The summed E-state index contributed by atoms with van der Waals surface area (Å²) < 4.78 is 9.48. The second-order valence-electron chi connectivity index (χ2n) is 7.54. The minimum atomic E-state index is -1.88. The van der Waals surface area contributed by atoms with Gasteiger partial charge in [0.05, 0.1) is 0 Å². The maximum absolute atomic E-state index is 11.7. The molecule has 0 amide bonds. The summed E-state index contributed by atoms with van der Waals surface area (Å²) >= 11 is 0. The second kappa shape index (κ2) is 16.4. The van der Waals surface area contributed by atoms with Gasteiger partial charge in [-0.3, -0.25) is 9.59 Å². The summed E-state index contributed by atoms with van der Waals surface area (Å²) in [5, 5.41) is 19.0. The highest BCUT2D eigenvalue weighted by Gasteiger charge is 2.46. The molecule has 0 spiro atoms. The van der Waals surface area contributed by atoms with E-state index in [1.165, 1.54) is 19.3 Å². The summed E-state index contributed by atoms with van der Waals surface area (Å²) in [7, 11) is 0. The van der Waals surface area contributed by atoms with E-state index in [-0.39, 0.29) is 6.42 Å². The molecule has 1 rings (SSSR count). The topological polar surface area (TPSA) is 110 Å². The predicted molar refractivity (Wildman–Crippen MR) is 117 cm³/mol. The van der Waals surface area contributed by atoms with Crippen LogP contribution >= 0.6 is 0 Å². The zero-order chi connectivity index (χ0) is 22.9. The van der Waals surface area contributed by atoms with Crippen molar-refractivity contribution in [3.63, 3.8) is 0 Å². The third-order valence-corrected chi connectivity index (χ3v) is 4.80. The van der Waals surface area contributed by atoms with E-state index in [4.69, 9.17) is 4.74 Å². The average Bonchev–Trinajstić information content (AvgIpc) is 3.02. The van der Waals surface area contributed by atoms with Crippen molar-refractivity contribution in [2.75, 3.05) is 6.61 Å². The third kappa shape index (κ3) is 11.6. The minimum Gasteiger partial charge on any atom is -0.463 e. The predicted octanol–water partition coefficient (Wildman–Crippen LogP) is 3.34. The Morgan fingerprint density at radius 1 is 1.00 bits per heavy atom. The molecule has 7 heteroatoms. The van der Waals surface area contributed by atoms with E-state index < -0.39 is 42.6 Å². The molecule has 0 radical (unpaired) electrons. The van der Waals surface area contributed by atoms with E-state index in [1.54, 1.807) is 0 Å². The van der Waals surface area contributed by atoms with Gasteiger partial charge >= 0.3 is 11.9 Å². The van der Waals surface area contributed by atoms with Crippen molar-refractivity contribution < 1.29 is 34.1 Å². The SMILES string of the molecule is CCCCCC=CCC=CCC=CCCCCC(=O)OC[C@H](O)[C@H]1OC(=O)C(O)C1=O. The van der Waals surface area contributed by atoms with Crippen molar-refractivity contribution in [1.29, 1.82) is 0 Å². The number of allylic oxidation sites excluding steroid dienone is 6. The Bertz CT molecular complexity index is 636. The number of aliphatic hydroxyl groups is 2. The largest absolute Gasteiger partial charge is 0.463 e. The van der Waals surface area contributed by atoms with E-state index in [2.05, 4.69) is 48.1 Å². The fraction of sp³-hybridized carbons (Fsp3) is 0.625. The lowest BCUT2D eigenvalue weighted by Gasteiger charge is -2.15. The van der Waals surface area contributed by atoms with Crippen LogP contribution < -0.4 is 0 Å². The van der Waals surface area contributed by atoms with Crippen LogP contribution in [-0.2, 0) is 23.9 Å². The molecule has 174 valence electrons. The number of carbonyl (C=O) groups excluding carboxylic acids is 3. The van der Waals surface area contributed by atoms with Crippen molar-refractivity contribution in [2.45, 2.75) is 89.4 Å². The van der Waals surface area contributed by atoms with Gasteiger partial charge in [0.1, 0.15) is 12.7 Å². The molecule has 1 aliphatic rings. The molecule has 31 heavy (non-hydrogen) atoms. The monoisotopic (exact) mass is 436 g/mol. The molecule has 0 aromatic carbocycles. The smallest absolute Gasteiger partial charge is 0.343 e. The number of aliphatic hydroxyl groups excluding tert-OH is 2. The molecule has 2 N–H and O–H groups in total. The molecule has 3 atom stereocenters. The first kappa shape index (κ1) is 26.8. The quantitative estimate of drug-likeness (QED) is 0.165. The number of unbranched alkanes of at least 4 members (excludes halogenated alkanes) is 5. The summed E-state index contributed by atoms with van der Waals surface area (Å²) in [6.45, 7) is 1.74. The van der Waals surface area contributed by atoms with E-state index in [1.807, 2.05) is 0 Å². The van der Waals surface area contributed by atoms with E-state index in [0.29, 0.717) is 6.42 Å². The van der Waals surface area contributed by atoms with Gasteiger partial charge in [0.25, 0.3) is 0 Å². The molecule has 1 unspecified atom stereocenters. The highest BCUT2D eigenvalue weighted by molar-refractivity contribution is 6.09. The highest BCUT2D eigenvalue weighted by Crippen LogP contribution is 2.15. The standard InChI is InChI=1S/C24H36O7/c1-2-3-4-5-6-7-8-9-10-11-12-13-14-15-16-17-20(26)30-18-19(25)23-21(27)22(28)24(29)31-23/h6-7,9-10,12-13,19,22-23,25,28H,2-5,8,11,14-18H2,1H3/t19-,22?,23+/m0/s1. The number of Topliss-reactive ketones (excluding diaryl/α,β-unsaturated/α-hetero) is 1. The van der Waals surface area contributed by atoms with Crippen LogP contribution in [0.3, 0.4) is 0 Å². The van der Waals surface area contributed by atoms with Crippen molar-refractivity contribution >= 4 is 17.7 Å². The Hall–Kier alpha value is -2.25. The van der Waals surface area contributed by atoms with Gasteiger partial charge in [-0.2, -0.15) is 0 Å². The van der Waals surface area contributed by atoms with Gasteiger partial charge in [0, 0.05) is 6.42 Å². The second-order valence-corrected chi connectivity index (χ2v) is 7.54. The maximum atomic E-state index is 11.7. The summed E-state index contributed by atoms with van der Waals surface area (Å²) in [6.07, 6.45) is 17.5. The van der Waals surface area contributed by atoms with Gasteiger partial charge in [-0.25, -0.2) is 4.79 Å². The Labute approximate surface area is 184 Å². The summed E-state index contributed by atoms with van der Waals surface area (Å²) in [5.41, 5.74) is 0. The van der Waals surface area contributed by atoms with Gasteiger partial charge in [-0.05, 0) is 44.9 Å². The molecule has 0 saturated carbocycles. The Morgan fingerprint density at radius 2 is 1.58 bits per heavy atom. The zero-order valence-electron chi connectivity index (χ0n) is 18.4. The number of ketones is 1. The molecule has 1 heterocycles. The first-order chi connectivity index (χ1) is 15.0. The number of hydrogen-bond acceptors (Lipinski definition) is 7. The van der Waals surface area contributed by atoms with E-state index in [9.17, 15) is 24.6 Å². The lowest BCUT2D eigenvalue weighted by Crippen LogP contribution is -2.38. The Morgan fingerprint density at radius 3 is 2.13 bits per heavy atom. The first-order valence-electron chi connectivity index (χ1n) is 11.2. The summed E-state index contributed by atoms with van der Waals surface area (Å²) in [4.78, 5) is 34.3. The van der Waals surface area contributed by atoms with E-state index >= 15 is 0 Å². The van der Waals surface area contributed by atoms with Crippen molar-refractivity contribution in [3.8, 4) is 0 Å². The average molecular weight is 437 g/mol. The van der Waals surface area contributed by atoms with Crippen LogP contribution in [0.4, 0.5) is 0 Å². The van der Waals surface area contributed by atoms with Crippen LogP contribution in [0.15, 0.2) is 36.5 Å². The van der Waals surface area contributed by atoms with E-state index in [0.717, 1.165) is 32.1 Å². The molecular weight excluding hydrogens is 400 g/mol. The zero-order valence-corrected chi connectivity index (χ0v) is 18.4. The maximum Gasteiger partial charge on any atom is 0.343 e. The van der Waals surface area contributed by atoms with Crippen LogP contribution in [-0.4, -0.2) is 52.9 Å². The highest BCUT2D eigenvalue weighted by atomic mass is 16.6. The van der Waals surface area contributed by atoms with Gasteiger partial charge in [0.15, 0.2) is 6.10 Å². The molecule has 7 nitrogen and oxygen atoms in total. The summed E-state index contributed by atoms with van der Waals surface area (Å²) in [5.74, 6) is -2.52. The molecule has 0 aromatic rings. The Balaban J connectivity index is 2.01. The molecule has 1 saturated heterocycles. The third-order valence-electron chi connectivity index (χ3n) is 4.80. The number of esters is 2. The van der Waals surface area contributed by atoms with Crippen LogP contribution in [0.5, 0.6) is 0 Å². The normalized spacial score (nSPS) is 20.2. The van der Waals surface area contributed by atoms with Gasteiger partial charge in [0.2, 0.25) is 11.9 Å². The minimum absolute atomic E-state index is 0.200. The van der Waals surface area contributed by atoms with Crippen LogP contribution in [0.2, 0.25) is 0 Å². The van der Waals surface area contributed by atoms with Gasteiger partial charge in [-0.1, -0.05) is 56.2 Å². The number of hydrogen-bond donors (Lipinski definition) is 2. The van der Waals surface area contributed by atoms with Crippen molar-refractivity contribution in [1.82, 2.24) is 0 Å². The molecule has 0 aliphatic carbocycles. The van der Waals surface area contributed by atoms with Crippen molar-refractivity contribution in [2.24, 2.45) is 0 Å². The van der Waals surface area contributed by atoms with Crippen LogP contribution in [0, 0.1) is 0 Å². The number of cyclic esters (lactones) is 1. The first-order valence-corrected chi connectivity index (χ1v) is 11.2. The molecule has 1 fully saturated rings. The fourth-order valence-corrected chi connectivity index (χ4v) is 2.95. The lowest BCUT2D eigenvalue weighted by atomic mass is 10.1. The Kier molecular flexibility index (Phi) is 14.2. The van der Waals surface area contributed by atoms with Gasteiger partial charge in [-0.15, -0.1) is 0 Å². The van der Waals surface area contributed by atoms with Crippen LogP contribution in [0.25, 0.3) is 0 Å². The lowest BCUT2D eigenvalue weighted by molar-refractivity contribution is -0.156. The molecule has 1 aliphatic heterocycles. The van der Waals surface area contributed by atoms with Gasteiger partial charge < -0.3 is 19.7 Å². The molecular formula is C24H36O7. The number of carbonyl (C=O) groups is 3. The van der Waals surface area contributed by atoms with Crippen LogP contribution in [0.1, 0.15) is 71.1 Å². The number of ether oxygens (including phenoxy) is 2.